The molecule has 2 rings (SSSR count). The molecular weight excluding hydrogens is 236 g/mol. The third-order valence-corrected chi connectivity index (χ3v) is 3.38. The number of hydrogen-bond acceptors (Lipinski definition) is 3. The molecule has 1 aliphatic heterocycles. The molecule has 1 aromatic rings. The Morgan fingerprint density at radius 2 is 2.41 bits per heavy atom. The highest BCUT2D eigenvalue weighted by Crippen LogP contribution is 2.15. The first-order valence-corrected chi connectivity index (χ1v) is 6.41. The summed E-state index contributed by atoms with van der Waals surface area (Å²) < 4.78 is 5.38. The van der Waals surface area contributed by atoms with Crippen molar-refractivity contribution in [1.82, 2.24) is 4.90 Å². The maximum Gasteiger partial charge on any atom is 0.0622 e. The lowest BCUT2D eigenvalue weighted by Crippen LogP contribution is -2.35. The highest BCUT2D eigenvalue weighted by Gasteiger charge is 2.19. The van der Waals surface area contributed by atoms with Crippen molar-refractivity contribution in [3.05, 3.63) is 29.3 Å². The minimum absolute atomic E-state index is 0.580. The molecule has 1 heterocycles. The maximum absolute atomic E-state index is 5.92. The van der Waals surface area contributed by atoms with E-state index >= 15 is 0 Å². The van der Waals surface area contributed by atoms with Crippen molar-refractivity contribution in [2.24, 2.45) is 0 Å². The Kier molecular flexibility index (Phi) is 4.66. The molecule has 0 radical (unpaired) electrons. The molecule has 0 aliphatic carbocycles. The molecule has 94 valence electrons. The number of halogens is 1. The normalized spacial score (nSPS) is 19.8. The average Bonchev–Trinajstić information content (AvgIpc) is 2.82. The number of rotatable bonds is 5. The molecule has 1 fully saturated rings. The largest absolute Gasteiger partial charge is 0.384 e. The van der Waals surface area contributed by atoms with Crippen molar-refractivity contribution in [3.8, 4) is 0 Å². The minimum atomic E-state index is 0.580. The fourth-order valence-electron chi connectivity index (χ4n) is 2.03. The molecule has 0 saturated carbocycles. The molecule has 0 aromatic heterocycles. The van der Waals surface area contributed by atoms with Gasteiger partial charge in [-0.2, -0.15) is 0 Å². The Morgan fingerprint density at radius 3 is 3.12 bits per heavy atom. The van der Waals surface area contributed by atoms with E-state index in [-0.39, 0.29) is 0 Å². The van der Waals surface area contributed by atoms with E-state index in [0.717, 1.165) is 43.4 Å². The highest BCUT2D eigenvalue weighted by molar-refractivity contribution is 6.30. The van der Waals surface area contributed by atoms with Gasteiger partial charge in [0.05, 0.1) is 6.61 Å². The molecule has 1 aliphatic rings. The molecular formula is C13H19ClN2O. The van der Waals surface area contributed by atoms with Gasteiger partial charge in [-0.25, -0.2) is 0 Å². The summed E-state index contributed by atoms with van der Waals surface area (Å²) in [5.74, 6) is 0. The lowest BCUT2D eigenvalue weighted by molar-refractivity contribution is 0.161. The van der Waals surface area contributed by atoms with Crippen LogP contribution in [0.2, 0.25) is 5.02 Å². The smallest absolute Gasteiger partial charge is 0.0622 e. The Balaban J connectivity index is 1.71. The summed E-state index contributed by atoms with van der Waals surface area (Å²) in [5.41, 5.74) is 1.08. The number of nitrogens with zero attached hydrogens (tertiary/aromatic N) is 1. The Labute approximate surface area is 108 Å². The molecule has 0 spiro atoms. The fraction of sp³-hybridized carbons (Fsp3) is 0.538. The van der Waals surface area contributed by atoms with Crippen molar-refractivity contribution in [2.75, 3.05) is 38.7 Å². The van der Waals surface area contributed by atoms with Gasteiger partial charge in [-0.1, -0.05) is 17.7 Å². The Bertz CT molecular complexity index is 353. The van der Waals surface area contributed by atoms with Crippen LogP contribution in [-0.2, 0) is 4.74 Å². The van der Waals surface area contributed by atoms with Crippen LogP contribution in [-0.4, -0.2) is 44.3 Å². The molecule has 1 aromatic carbocycles. The van der Waals surface area contributed by atoms with Crippen molar-refractivity contribution in [1.29, 1.82) is 0 Å². The summed E-state index contributed by atoms with van der Waals surface area (Å²) >= 11 is 5.92. The molecule has 0 bridgehead atoms. The number of likely N-dealkylation sites (N-methyl/N-ethyl adjacent to an activating group) is 1. The second-order valence-corrected chi connectivity index (χ2v) is 4.87. The predicted molar refractivity (Wildman–Crippen MR) is 71.8 cm³/mol. The number of benzene rings is 1. The van der Waals surface area contributed by atoms with Gasteiger partial charge in [0.1, 0.15) is 0 Å². The topological polar surface area (TPSA) is 24.5 Å². The van der Waals surface area contributed by atoms with Crippen LogP contribution in [0.5, 0.6) is 0 Å². The van der Waals surface area contributed by atoms with E-state index in [0.29, 0.717) is 6.04 Å². The monoisotopic (exact) mass is 254 g/mol. The first kappa shape index (κ1) is 12.7. The van der Waals surface area contributed by atoms with Crippen LogP contribution < -0.4 is 5.32 Å². The predicted octanol–water partition coefficient (Wildman–Crippen LogP) is 2.47. The summed E-state index contributed by atoms with van der Waals surface area (Å²) in [5, 5.41) is 4.14. The second kappa shape index (κ2) is 6.24. The van der Waals surface area contributed by atoms with E-state index in [1.165, 1.54) is 0 Å². The van der Waals surface area contributed by atoms with Gasteiger partial charge >= 0.3 is 0 Å². The molecule has 1 saturated heterocycles. The lowest BCUT2D eigenvalue weighted by Gasteiger charge is -2.23. The van der Waals surface area contributed by atoms with Gasteiger partial charge in [0.2, 0.25) is 0 Å². The molecule has 1 unspecified atom stereocenters. The number of ether oxygens (including phenoxy) is 1. The average molecular weight is 255 g/mol. The van der Waals surface area contributed by atoms with E-state index in [1.54, 1.807) is 0 Å². The minimum Gasteiger partial charge on any atom is -0.384 e. The fourth-order valence-corrected chi connectivity index (χ4v) is 2.22. The van der Waals surface area contributed by atoms with Gasteiger partial charge in [0, 0.05) is 36.4 Å². The standard InChI is InChI=1S/C13H19ClN2O/c1-16(13-5-8-17-10-13)7-6-15-12-4-2-3-11(14)9-12/h2-4,9,13,15H,5-8,10H2,1H3. The van der Waals surface area contributed by atoms with Crippen molar-refractivity contribution in [2.45, 2.75) is 12.5 Å². The van der Waals surface area contributed by atoms with Crippen LogP contribution in [0.1, 0.15) is 6.42 Å². The number of hydrogen-bond donors (Lipinski definition) is 1. The lowest BCUT2D eigenvalue weighted by atomic mass is 10.2. The van der Waals surface area contributed by atoms with Gasteiger partial charge in [-0.15, -0.1) is 0 Å². The quantitative estimate of drug-likeness (QED) is 0.874. The summed E-state index contributed by atoms with van der Waals surface area (Å²) in [4.78, 5) is 2.35. The first-order valence-electron chi connectivity index (χ1n) is 6.03. The molecule has 1 N–H and O–H groups in total. The molecule has 3 nitrogen and oxygen atoms in total. The zero-order chi connectivity index (χ0) is 12.1. The number of anilines is 1. The number of nitrogens with one attached hydrogen (secondary N) is 1. The second-order valence-electron chi connectivity index (χ2n) is 4.44. The van der Waals surface area contributed by atoms with Gasteiger partial charge in [0.15, 0.2) is 0 Å². The zero-order valence-electron chi connectivity index (χ0n) is 10.2. The molecule has 1 atom stereocenters. The Morgan fingerprint density at radius 1 is 1.53 bits per heavy atom. The van der Waals surface area contributed by atoms with Crippen LogP contribution >= 0.6 is 11.6 Å². The summed E-state index contributed by atoms with van der Waals surface area (Å²) in [6, 6.07) is 8.40. The third-order valence-electron chi connectivity index (χ3n) is 3.15. The van der Waals surface area contributed by atoms with Crippen LogP contribution in [0.15, 0.2) is 24.3 Å². The van der Waals surface area contributed by atoms with Crippen molar-refractivity contribution >= 4 is 17.3 Å². The van der Waals surface area contributed by atoms with E-state index in [1.807, 2.05) is 24.3 Å². The van der Waals surface area contributed by atoms with Crippen LogP contribution in [0.4, 0.5) is 5.69 Å². The van der Waals surface area contributed by atoms with Gasteiger partial charge in [0.25, 0.3) is 0 Å². The van der Waals surface area contributed by atoms with E-state index in [9.17, 15) is 0 Å². The Hall–Kier alpha value is -0.770. The highest BCUT2D eigenvalue weighted by atomic mass is 35.5. The van der Waals surface area contributed by atoms with E-state index < -0.39 is 0 Å². The van der Waals surface area contributed by atoms with Gasteiger partial charge in [-0.3, -0.25) is 4.90 Å². The van der Waals surface area contributed by atoms with Gasteiger partial charge < -0.3 is 10.1 Å². The first-order chi connectivity index (χ1) is 8.25. The van der Waals surface area contributed by atoms with Crippen molar-refractivity contribution in [3.63, 3.8) is 0 Å². The van der Waals surface area contributed by atoms with Crippen LogP contribution in [0, 0.1) is 0 Å². The molecule has 0 amide bonds. The van der Waals surface area contributed by atoms with Crippen molar-refractivity contribution < 1.29 is 4.74 Å². The van der Waals surface area contributed by atoms with E-state index in [2.05, 4.69) is 17.3 Å². The SMILES string of the molecule is CN(CCNc1cccc(Cl)c1)C1CCOC1. The molecule has 17 heavy (non-hydrogen) atoms. The van der Waals surface area contributed by atoms with Crippen LogP contribution in [0.25, 0.3) is 0 Å². The summed E-state index contributed by atoms with van der Waals surface area (Å²) in [6.45, 7) is 3.71. The zero-order valence-corrected chi connectivity index (χ0v) is 10.9. The van der Waals surface area contributed by atoms with E-state index in [4.69, 9.17) is 16.3 Å². The summed E-state index contributed by atoms with van der Waals surface area (Å²) in [6.07, 6.45) is 1.15. The molecule has 4 heteroatoms. The maximum atomic E-state index is 5.92. The summed E-state index contributed by atoms with van der Waals surface area (Å²) in [7, 11) is 2.15. The van der Waals surface area contributed by atoms with Crippen LogP contribution in [0.3, 0.4) is 0 Å². The third kappa shape index (κ3) is 3.87. The van der Waals surface area contributed by atoms with Gasteiger partial charge in [-0.05, 0) is 31.7 Å².